The summed E-state index contributed by atoms with van der Waals surface area (Å²) in [6.45, 7) is 3.83. The summed E-state index contributed by atoms with van der Waals surface area (Å²) >= 11 is 1.55. The zero-order chi connectivity index (χ0) is 19.5. The number of piperidine rings is 1. The number of primary amides is 1. The molecule has 2 fully saturated rings. The highest BCUT2D eigenvalue weighted by Gasteiger charge is 2.29. The standard InChI is InChI=1S/C20H29N5O2S/c21-18(26)15-7-6-8-23(13-15)14-16-17(22-20-25(16)11-12-28-20)19(27)24-9-4-2-1-3-5-10-24/h11-12,15H,1-10,13-14H2,(H2,21,26). The first kappa shape index (κ1) is 19.4. The highest BCUT2D eigenvalue weighted by Crippen LogP contribution is 2.24. The van der Waals surface area contributed by atoms with Gasteiger partial charge in [-0.25, -0.2) is 4.98 Å². The molecule has 1 unspecified atom stereocenters. The van der Waals surface area contributed by atoms with Crippen molar-refractivity contribution >= 4 is 28.1 Å². The van der Waals surface area contributed by atoms with Gasteiger partial charge in [-0.1, -0.05) is 19.3 Å². The van der Waals surface area contributed by atoms with Crippen LogP contribution in [0.4, 0.5) is 0 Å². The summed E-state index contributed by atoms with van der Waals surface area (Å²) in [5.74, 6) is -0.278. The van der Waals surface area contributed by atoms with Crippen LogP contribution in [0.1, 0.15) is 61.1 Å². The van der Waals surface area contributed by atoms with Crippen molar-refractivity contribution in [2.24, 2.45) is 11.7 Å². The minimum absolute atomic E-state index is 0.0521. The Labute approximate surface area is 169 Å². The first-order valence-corrected chi connectivity index (χ1v) is 11.3. The van der Waals surface area contributed by atoms with Gasteiger partial charge >= 0.3 is 0 Å². The molecule has 4 heterocycles. The van der Waals surface area contributed by atoms with Crippen molar-refractivity contribution < 1.29 is 9.59 Å². The molecule has 2 aliphatic rings. The van der Waals surface area contributed by atoms with E-state index in [1.165, 1.54) is 19.3 Å². The summed E-state index contributed by atoms with van der Waals surface area (Å²) in [7, 11) is 0. The fourth-order valence-electron chi connectivity index (χ4n) is 4.40. The van der Waals surface area contributed by atoms with Crippen LogP contribution in [0.5, 0.6) is 0 Å². The third kappa shape index (κ3) is 4.07. The van der Waals surface area contributed by atoms with Crippen LogP contribution in [0, 0.1) is 5.92 Å². The van der Waals surface area contributed by atoms with E-state index in [9.17, 15) is 9.59 Å². The number of nitrogens with zero attached hydrogens (tertiary/aromatic N) is 4. The zero-order valence-electron chi connectivity index (χ0n) is 16.3. The second-order valence-corrected chi connectivity index (χ2v) is 8.87. The van der Waals surface area contributed by atoms with E-state index in [2.05, 4.69) is 4.90 Å². The molecule has 0 spiro atoms. The number of rotatable bonds is 4. The summed E-state index contributed by atoms with van der Waals surface area (Å²) in [6.07, 6.45) is 9.58. The molecule has 2 N–H and O–H groups in total. The van der Waals surface area contributed by atoms with E-state index < -0.39 is 0 Å². The van der Waals surface area contributed by atoms with Gasteiger partial charge in [0, 0.05) is 37.8 Å². The summed E-state index contributed by atoms with van der Waals surface area (Å²) in [6, 6.07) is 0. The Balaban J connectivity index is 1.58. The highest BCUT2D eigenvalue weighted by molar-refractivity contribution is 7.15. The van der Waals surface area contributed by atoms with Crippen LogP contribution in [-0.4, -0.2) is 57.2 Å². The average molecular weight is 404 g/mol. The number of carbonyl (C=O) groups excluding carboxylic acids is 2. The van der Waals surface area contributed by atoms with Gasteiger partial charge in [-0.05, 0) is 32.2 Å². The van der Waals surface area contributed by atoms with E-state index in [1.54, 1.807) is 11.3 Å². The molecular weight excluding hydrogens is 374 g/mol. The predicted octanol–water partition coefficient (Wildman–Crippen LogP) is 2.50. The second kappa shape index (κ2) is 8.61. The van der Waals surface area contributed by atoms with E-state index in [1.807, 2.05) is 20.9 Å². The zero-order valence-corrected chi connectivity index (χ0v) is 17.1. The lowest BCUT2D eigenvalue weighted by Gasteiger charge is -2.31. The van der Waals surface area contributed by atoms with Crippen molar-refractivity contribution in [3.8, 4) is 0 Å². The Morgan fingerprint density at radius 1 is 1.11 bits per heavy atom. The monoisotopic (exact) mass is 403 g/mol. The Kier molecular flexibility index (Phi) is 5.96. The molecule has 0 saturated carbocycles. The molecule has 28 heavy (non-hydrogen) atoms. The van der Waals surface area contributed by atoms with Gasteiger partial charge in [0.1, 0.15) is 0 Å². The second-order valence-electron chi connectivity index (χ2n) is 8.00. The molecule has 2 aromatic heterocycles. The number of hydrogen-bond donors (Lipinski definition) is 1. The van der Waals surface area contributed by atoms with E-state index >= 15 is 0 Å². The number of thiazole rings is 1. The van der Waals surface area contributed by atoms with Gasteiger partial charge in [-0.3, -0.25) is 18.9 Å². The molecule has 7 nitrogen and oxygen atoms in total. The molecule has 2 saturated heterocycles. The number of likely N-dealkylation sites (tertiary alicyclic amines) is 2. The average Bonchev–Trinajstić information content (AvgIpc) is 3.24. The minimum Gasteiger partial charge on any atom is -0.369 e. The molecule has 2 aromatic rings. The fraction of sp³-hybridized carbons (Fsp3) is 0.650. The van der Waals surface area contributed by atoms with Crippen LogP contribution in [-0.2, 0) is 11.3 Å². The highest BCUT2D eigenvalue weighted by atomic mass is 32.1. The third-order valence-electron chi connectivity index (χ3n) is 5.99. The number of imidazole rings is 1. The smallest absolute Gasteiger partial charge is 0.274 e. The number of hydrogen-bond acceptors (Lipinski definition) is 5. The van der Waals surface area contributed by atoms with Crippen LogP contribution in [0.3, 0.4) is 0 Å². The number of aromatic nitrogens is 2. The normalized spacial score (nSPS) is 22.1. The van der Waals surface area contributed by atoms with Crippen molar-refractivity contribution in [1.29, 1.82) is 0 Å². The molecule has 0 radical (unpaired) electrons. The lowest BCUT2D eigenvalue weighted by Crippen LogP contribution is -2.41. The fourth-order valence-corrected chi connectivity index (χ4v) is 5.13. The van der Waals surface area contributed by atoms with Gasteiger partial charge < -0.3 is 10.6 Å². The quantitative estimate of drug-likeness (QED) is 0.850. The first-order chi connectivity index (χ1) is 13.6. The van der Waals surface area contributed by atoms with Crippen molar-refractivity contribution in [3.63, 3.8) is 0 Å². The lowest BCUT2D eigenvalue weighted by atomic mass is 9.97. The summed E-state index contributed by atoms with van der Waals surface area (Å²) in [5, 5.41) is 2.00. The Morgan fingerprint density at radius 3 is 2.61 bits per heavy atom. The molecule has 1 atom stereocenters. The minimum atomic E-state index is -0.226. The van der Waals surface area contributed by atoms with Gasteiger partial charge in [0.15, 0.2) is 10.7 Å². The first-order valence-electron chi connectivity index (χ1n) is 10.4. The van der Waals surface area contributed by atoms with E-state index in [0.717, 1.165) is 56.0 Å². The maximum absolute atomic E-state index is 13.3. The SMILES string of the molecule is NC(=O)C1CCCN(Cc2c(C(=O)N3CCCCCCC3)nc3sccn23)C1. The van der Waals surface area contributed by atoms with E-state index in [0.29, 0.717) is 18.8 Å². The molecule has 2 amide bonds. The molecule has 0 aromatic carbocycles. The molecule has 152 valence electrons. The number of nitrogens with two attached hydrogens (primary N) is 1. The van der Waals surface area contributed by atoms with Crippen molar-refractivity contribution in [2.45, 2.75) is 51.5 Å². The molecule has 0 bridgehead atoms. The Hall–Kier alpha value is -1.93. The van der Waals surface area contributed by atoms with Crippen molar-refractivity contribution in [2.75, 3.05) is 26.2 Å². The maximum Gasteiger partial charge on any atom is 0.274 e. The van der Waals surface area contributed by atoms with Crippen LogP contribution in [0.2, 0.25) is 0 Å². The summed E-state index contributed by atoms with van der Waals surface area (Å²) in [4.78, 5) is 34.7. The molecule has 0 aliphatic carbocycles. The van der Waals surface area contributed by atoms with E-state index in [4.69, 9.17) is 10.7 Å². The topological polar surface area (TPSA) is 83.9 Å². The molecule has 8 heteroatoms. The predicted molar refractivity (Wildman–Crippen MR) is 109 cm³/mol. The van der Waals surface area contributed by atoms with Crippen molar-refractivity contribution in [3.05, 3.63) is 23.0 Å². The largest absolute Gasteiger partial charge is 0.369 e. The van der Waals surface area contributed by atoms with Crippen LogP contribution in [0.15, 0.2) is 11.6 Å². The van der Waals surface area contributed by atoms with Gasteiger partial charge in [-0.2, -0.15) is 0 Å². The summed E-state index contributed by atoms with van der Waals surface area (Å²) < 4.78 is 2.04. The van der Waals surface area contributed by atoms with Crippen LogP contribution < -0.4 is 5.73 Å². The van der Waals surface area contributed by atoms with Crippen LogP contribution >= 0.6 is 11.3 Å². The van der Waals surface area contributed by atoms with E-state index in [-0.39, 0.29) is 17.7 Å². The maximum atomic E-state index is 13.3. The van der Waals surface area contributed by atoms with Crippen LogP contribution in [0.25, 0.3) is 4.96 Å². The third-order valence-corrected chi connectivity index (χ3v) is 6.74. The van der Waals surface area contributed by atoms with Gasteiger partial charge in [0.2, 0.25) is 5.91 Å². The molecule has 4 rings (SSSR count). The molecular formula is C20H29N5O2S. The Bertz CT molecular complexity index is 837. The Morgan fingerprint density at radius 2 is 1.86 bits per heavy atom. The number of carbonyl (C=O) groups is 2. The van der Waals surface area contributed by atoms with Gasteiger partial charge in [0.25, 0.3) is 5.91 Å². The molecule has 2 aliphatic heterocycles. The summed E-state index contributed by atoms with van der Waals surface area (Å²) in [5.41, 5.74) is 7.05. The lowest BCUT2D eigenvalue weighted by molar-refractivity contribution is -0.123. The van der Waals surface area contributed by atoms with Gasteiger partial charge in [0.05, 0.1) is 11.6 Å². The number of fused-ring (bicyclic) bond motifs is 1. The van der Waals surface area contributed by atoms with Crippen molar-refractivity contribution in [1.82, 2.24) is 19.2 Å². The van der Waals surface area contributed by atoms with Gasteiger partial charge in [-0.15, -0.1) is 11.3 Å². The number of amides is 2.